The Morgan fingerprint density at radius 3 is 2.61 bits per heavy atom. The Bertz CT molecular complexity index is 770. The van der Waals surface area contributed by atoms with E-state index in [2.05, 4.69) is 5.32 Å². The van der Waals surface area contributed by atoms with E-state index in [-0.39, 0.29) is 29.0 Å². The zero-order chi connectivity index (χ0) is 19.8. The van der Waals surface area contributed by atoms with Crippen LogP contribution in [0.15, 0.2) is 18.2 Å². The van der Waals surface area contributed by atoms with Gasteiger partial charge in [0.15, 0.2) is 0 Å². The SMILES string of the molecule is CC(=O)N[C@@H]1C[C@@H]2CN(C(=O)c3ccc(Cl)c(F)c3)C[C@@H]2C[C@H]1OCC1CC1. The normalized spacial score (nSPS) is 29.5. The molecule has 5 nitrogen and oxygen atoms in total. The van der Waals surface area contributed by atoms with Crippen molar-refractivity contribution in [3.05, 3.63) is 34.6 Å². The molecule has 1 aliphatic heterocycles. The van der Waals surface area contributed by atoms with Crippen molar-refractivity contribution in [2.75, 3.05) is 19.7 Å². The number of nitrogens with one attached hydrogen (secondary N) is 1. The molecule has 1 aromatic rings. The number of fused-ring (bicyclic) bond motifs is 1. The summed E-state index contributed by atoms with van der Waals surface area (Å²) in [7, 11) is 0. The van der Waals surface area contributed by atoms with Gasteiger partial charge in [-0.3, -0.25) is 9.59 Å². The minimum atomic E-state index is -0.580. The number of halogens is 2. The number of benzene rings is 1. The number of nitrogens with zero attached hydrogens (tertiary/aromatic N) is 1. The molecule has 2 aliphatic carbocycles. The largest absolute Gasteiger partial charge is 0.376 e. The minimum absolute atomic E-state index is 0.00576. The highest BCUT2D eigenvalue weighted by Gasteiger charge is 2.44. The van der Waals surface area contributed by atoms with Crippen LogP contribution >= 0.6 is 11.6 Å². The molecule has 152 valence electrons. The molecule has 1 N–H and O–H groups in total. The van der Waals surface area contributed by atoms with Crippen LogP contribution in [0, 0.1) is 23.6 Å². The number of ether oxygens (including phenoxy) is 1. The Morgan fingerprint density at radius 2 is 1.96 bits per heavy atom. The molecule has 28 heavy (non-hydrogen) atoms. The van der Waals surface area contributed by atoms with Gasteiger partial charge < -0.3 is 15.0 Å². The van der Waals surface area contributed by atoms with E-state index >= 15 is 0 Å². The zero-order valence-corrected chi connectivity index (χ0v) is 16.8. The molecule has 0 spiro atoms. The number of hydrogen-bond donors (Lipinski definition) is 1. The molecule has 4 rings (SSSR count). The van der Waals surface area contributed by atoms with Crippen molar-refractivity contribution in [1.29, 1.82) is 0 Å². The van der Waals surface area contributed by atoms with Crippen molar-refractivity contribution < 1.29 is 18.7 Å². The first-order chi connectivity index (χ1) is 13.4. The van der Waals surface area contributed by atoms with Gasteiger partial charge >= 0.3 is 0 Å². The summed E-state index contributed by atoms with van der Waals surface area (Å²) in [6.45, 7) is 3.55. The third kappa shape index (κ3) is 4.33. The summed E-state index contributed by atoms with van der Waals surface area (Å²) in [5.41, 5.74) is 0.320. The first-order valence-corrected chi connectivity index (χ1v) is 10.4. The van der Waals surface area contributed by atoms with Gasteiger partial charge in [0.05, 0.1) is 17.2 Å². The third-order valence-electron chi connectivity index (χ3n) is 6.20. The van der Waals surface area contributed by atoms with Crippen LogP contribution in [0.2, 0.25) is 5.02 Å². The van der Waals surface area contributed by atoms with E-state index in [9.17, 15) is 14.0 Å². The standard InChI is InChI=1S/C21H26ClFN2O3/c1-12(26)24-19-7-15-9-25(21(27)14-4-5-17(22)18(23)6-14)10-16(15)8-20(19)28-11-13-2-3-13/h4-6,13,15-16,19-20H,2-3,7-11H2,1H3,(H,24,26)/t15-,16+,19-,20-/m1/s1. The second-order valence-electron chi connectivity index (χ2n) is 8.45. The Hall–Kier alpha value is -1.66. The van der Waals surface area contributed by atoms with Crippen LogP contribution in [-0.4, -0.2) is 48.6 Å². The predicted molar refractivity (Wildman–Crippen MR) is 104 cm³/mol. The van der Waals surface area contributed by atoms with Gasteiger partial charge in [0, 0.05) is 32.2 Å². The van der Waals surface area contributed by atoms with E-state index in [0.717, 1.165) is 19.4 Å². The zero-order valence-electron chi connectivity index (χ0n) is 16.0. The van der Waals surface area contributed by atoms with Crippen molar-refractivity contribution >= 4 is 23.4 Å². The van der Waals surface area contributed by atoms with E-state index in [1.54, 1.807) is 11.0 Å². The van der Waals surface area contributed by atoms with E-state index in [1.165, 1.54) is 31.9 Å². The number of rotatable bonds is 5. The van der Waals surface area contributed by atoms with Crippen LogP contribution in [0.4, 0.5) is 4.39 Å². The molecule has 2 saturated carbocycles. The lowest BCUT2D eigenvalue weighted by Gasteiger charge is -2.38. The first-order valence-electron chi connectivity index (χ1n) is 10.0. The topological polar surface area (TPSA) is 58.6 Å². The average molecular weight is 409 g/mol. The molecule has 3 fully saturated rings. The fourth-order valence-corrected chi connectivity index (χ4v) is 4.65. The smallest absolute Gasteiger partial charge is 0.253 e. The maximum atomic E-state index is 13.7. The van der Waals surface area contributed by atoms with Crippen molar-refractivity contribution in [1.82, 2.24) is 10.2 Å². The minimum Gasteiger partial charge on any atom is -0.376 e. The Labute approximate surface area is 169 Å². The summed E-state index contributed by atoms with van der Waals surface area (Å²) in [5.74, 6) is 0.525. The maximum Gasteiger partial charge on any atom is 0.253 e. The van der Waals surface area contributed by atoms with E-state index in [1.807, 2.05) is 0 Å². The van der Waals surface area contributed by atoms with Gasteiger partial charge in [-0.15, -0.1) is 0 Å². The van der Waals surface area contributed by atoms with E-state index in [4.69, 9.17) is 16.3 Å². The third-order valence-corrected chi connectivity index (χ3v) is 6.51. The highest BCUT2D eigenvalue weighted by molar-refractivity contribution is 6.30. The van der Waals surface area contributed by atoms with Crippen LogP contribution in [0.25, 0.3) is 0 Å². The second kappa shape index (κ2) is 7.99. The molecule has 4 atom stereocenters. The van der Waals surface area contributed by atoms with E-state index < -0.39 is 5.82 Å². The average Bonchev–Trinajstić information content (AvgIpc) is 3.39. The Morgan fingerprint density at radius 1 is 1.25 bits per heavy atom. The summed E-state index contributed by atoms with van der Waals surface area (Å²) in [4.78, 5) is 26.3. The quantitative estimate of drug-likeness (QED) is 0.813. The van der Waals surface area contributed by atoms with Crippen LogP contribution in [-0.2, 0) is 9.53 Å². The molecule has 0 unspecified atom stereocenters. The lowest BCUT2D eigenvalue weighted by atomic mass is 9.77. The van der Waals surface area contributed by atoms with Crippen LogP contribution in [0.3, 0.4) is 0 Å². The molecule has 1 aromatic carbocycles. The Kier molecular flexibility index (Phi) is 5.61. The van der Waals surface area contributed by atoms with Crippen molar-refractivity contribution in [2.45, 2.75) is 44.8 Å². The molecule has 2 amide bonds. The molecule has 3 aliphatic rings. The molecule has 0 bridgehead atoms. The number of carbonyl (C=O) groups is 2. The van der Waals surface area contributed by atoms with Gasteiger partial charge in [-0.05, 0) is 61.6 Å². The van der Waals surface area contributed by atoms with Gasteiger partial charge in [0.25, 0.3) is 5.91 Å². The van der Waals surface area contributed by atoms with Crippen molar-refractivity contribution in [2.24, 2.45) is 17.8 Å². The summed E-state index contributed by atoms with van der Waals surface area (Å²) >= 11 is 5.73. The van der Waals surface area contributed by atoms with Crippen LogP contribution in [0.1, 0.15) is 43.0 Å². The lowest BCUT2D eigenvalue weighted by Crippen LogP contribution is -2.50. The monoisotopic (exact) mass is 408 g/mol. The molecule has 0 radical (unpaired) electrons. The second-order valence-corrected chi connectivity index (χ2v) is 8.86. The van der Waals surface area contributed by atoms with Gasteiger partial charge in [0.2, 0.25) is 5.91 Å². The number of amides is 2. The Balaban J connectivity index is 1.43. The van der Waals surface area contributed by atoms with Gasteiger partial charge in [0.1, 0.15) is 5.82 Å². The molecule has 0 aromatic heterocycles. The molecular weight excluding hydrogens is 383 g/mol. The van der Waals surface area contributed by atoms with Gasteiger partial charge in [-0.1, -0.05) is 11.6 Å². The number of likely N-dealkylation sites (tertiary alicyclic amines) is 1. The molecule has 7 heteroatoms. The van der Waals surface area contributed by atoms with Crippen molar-refractivity contribution in [3.63, 3.8) is 0 Å². The van der Waals surface area contributed by atoms with Gasteiger partial charge in [-0.25, -0.2) is 4.39 Å². The van der Waals surface area contributed by atoms with Crippen molar-refractivity contribution in [3.8, 4) is 0 Å². The summed E-state index contributed by atoms with van der Waals surface area (Å²) in [5, 5.41) is 3.06. The highest BCUT2D eigenvalue weighted by Crippen LogP contribution is 2.39. The number of carbonyl (C=O) groups excluding carboxylic acids is 2. The van der Waals surface area contributed by atoms with Crippen LogP contribution in [0.5, 0.6) is 0 Å². The first kappa shape index (κ1) is 19.6. The van der Waals surface area contributed by atoms with E-state index in [0.29, 0.717) is 36.4 Å². The molecule has 1 saturated heterocycles. The van der Waals surface area contributed by atoms with Crippen LogP contribution < -0.4 is 5.32 Å². The summed E-state index contributed by atoms with van der Waals surface area (Å²) in [6, 6.07) is 4.17. The predicted octanol–water partition coefficient (Wildman–Crippen LogP) is 3.26. The fourth-order valence-electron chi connectivity index (χ4n) is 4.53. The maximum absolute atomic E-state index is 13.7. The highest BCUT2D eigenvalue weighted by atomic mass is 35.5. The molecule has 1 heterocycles. The fraction of sp³-hybridized carbons (Fsp3) is 0.619. The number of hydrogen-bond acceptors (Lipinski definition) is 3. The summed E-state index contributed by atoms with van der Waals surface area (Å²) < 4.78 is 19.9. The lowest BCUT2D eigenvalue weighted by molar-refractivity contribution is -0.122. The van der Waals surface area contributed by atoms with Gasteiger partial charge in [-0.2, -0.15) is 0 Å². The summed E-state index contributed by atoms with van der Waals surface area (Å²) in [6.07, 6.45) is 4.08. The molecular formula is C21H26ClFN2O3.